The zero-order valence-electron chi connectivity index (χ0n) is 18.0. The van der Waals surface area contributed by atoms with Gasteiger partial charge in [-0.2, -0.15) is 0 Å². The van der Waals surface area contributed by atoms with Crippen molar-refractivity contribution in [1.29, 1.82) is 0 Å². The van der Waals surface area contributed by atoms with E-state index < -0.39 is 0 Å². The van der Waals surface area contributed by atoms with Crippen molar-refractivity contribution in [3.8, 4) is 0 Å². The van der Waals surface area contributed by atoms with Crippen LogP contribution in [0.25, 0.3) is 0 Å². The van der Waals surface area contributed by atoms with Gasteiger partial charge in [-0.05, 0) is 48.5 Å². The average molecular weight is 371 g/mol. The number of hydrogen-bond acceptors (Lipinski definition) is 2. The summed E-state index contributed by atoms with van der Waals surface area (Å²) < 4.78 is 0. The molecule has 2 aliphatic rings. The topological polar surface area (TPSA) is 25.8 Å². The first-order valence-corrected chi connectivity index (χ1v) is 12.1. The molecule has 152 valence electrons. The van der Waals surface area contributed by atoms with Gasteiger partial charge in [0.25, 0.3) is 0 Å². The molecule has 0 aliphatic heterocycles. The van der Waals surface area contributed by atoms with E-state index in [0.29, 0.717) is 0 Å². The fraction of sp³-hybridized carbons (Fsp3) is 0.840. The van der Waals surface area contributed by atoms with Crippen molar-refractivity contribution in [2.45, 2.75) is 110 Å². The lowest BCUT2D eigenvalue weighted by Crippen LogP contribution is -2.31. The van der Waals surface area contributed by atoms with Gasteiger partial charge in [-0.25, -0.2) is 9.97 Å². The van der Waals surface area contributed by atoms with Crippen LogP contribution in [-0.2, 0) is 12.8 Å². The Morgan fingerprint density at radius 1 is 0.852 bits per heavy atom. The summed E-state index contributed by atoms with van der Waals surface area (Å²) in [4.78, 5) is 9.54. The Morgan fingerprint density at radius 2 is 1.52 bits per heavy atom. The molecule has 0 saturated heterocycles. The maximum absolute atomic E-state index is 4.77. The molecule has 0 bridgehead atoms. The highest BCUT2D eigenvalue weighted by Crippen LogP contribution is 2.43. The van der Waals surface area contributed by atoms with E-state index in [1.54, 1.807) is 0 Å². The molecule has 0 amide bonds. The molecular formula is C25H42N2. The van der Waals surface area contributed by atoms with E-state index in [0.717, 1.165) is 42.3 Å². The molecule has 2 nitrogen and oxygen atoms in total. The van der Waals surface area contributed by atoms with E-state index in [2.05, 4.69) is 26.2 Å². The first-order valence-electron chi connectivity index (χ1n) is 12.1. The third-order valence-corrected chi connectivity index (χ3v) is 7.43. The van der Waals surface area contributed by atoms with Gasteiger partial charge in [-0.3, -0.25) is 0 Å². The fourth-order valence-electron chi connectivity index (χ4n) is 5.79. The van der Waals surface area contributed by atoms with Crippen LogP contribution in [0, 0.1) is 23.7 Å². The lowest BCUT2D eigenvalue weighted by Gasteiger charge is -2.39. The van der Waals surface area contributed by atoms with Gasteiger partial charge in [0.2, 0.25) is 0 Å². The van der Waals surface area contributed by atoms with Crippen molar-refractivity contribution in [2.24, 2.45) is 23.7 Å². The minimum absolute atomic E-state index is 0.828. The minimum atomic E-state index is 0.828. The second-order valence-corrected chi connectivity index (χ2v) is 9.45. The Labute approximate surface area is 168 Å². The molecular weight excluding hydrogens is 328 g/mol. The first kappa shape index (κ1) is 20.8. The van der Waals surface area contributed by atoms with Gasteiger partial charge in [0, 0.05) is 18.8 Å². The molecule has 1 unspecified atom stereocenters. The lowest BCUT2D eigenvalue weighted by molar-refractivity contribution is 0.121. The number of unbranched alkanes of at least 4 members (excludes halogenated alkanes) is 1. The highest BCUT2D eigenvalue weighted by atomic mass is 14.9. The second-order valence-electron chi connectivity index (χ2n) is 9.45. The number of aromatic nitrogens is 2. The Hall–Kier alpha value is -0.920. The largest absolute Gasteiger partial charge is 0.241 e. The van der Waals surface area contributed by atoms with Gasteiger partial charge >= 0.3 is 0 Å². The highest BCUT2D eigenvalue weighted by Gasteiger charge is 2.33. The summed E-state index contributed by atoms with van der Waals surface area (Å²) in [5, 5.41) is 0. The number of aryl methyl sites for hydroxylation is 1. The average Bonchev–Trinajstić information content (AvgIpc) is 2.73. The van der Waals surface area contributed by atoms with E-state index in [1.807, 2.05) is 0 Å². The molecule has 1 heterocycles. The van der Waals surface area contributed by atoms with Crippen LogP contribution < -0.4 is 0 Å². The quantitative estimate of drug-likeness (QED) is 0.460. The monoisotopic (exact) mass is 370 g/mol. The molecule has 0 radical (unpaired) electrons. The van der Waals surface area contributed by atoms with Crippen molar-refractivity contribution in [2.75, 3.05) is 0 Å². The van der Waals surface area contributed by atoms with Crippen molar-refractivity contribution in [1.82, 2.24) is 9.97 Å². The Bertz CT molecular complexity index is 510. The SMILES string of the molecule is CCCCC1CCC(C(Cc2ncc(CCC)cn2)C2CCCCC2)CC1. The molecule has 1 aromatic rings. The van der Waals surface area contributed by atoms with Gasteiger partial charge in [0.15, 0.2) is 0 Å². The fourth-order valence-corrected chi connectivity index (χ4v) is 5.79. The lowest BCUT2D eigenvalue weighted by atomic mass is 9.66. The molecule has 2 heteroatoms. The summed E-state index contributed by atoms with van der Waals surface area (Å²) >= 11 is 0. The zero-order chi connectivity index (χ0) is 18.9. The van der Waals surface area contributed by atoms with Crippen molar-refractivity contribution in [3.63, 3.8) is 0 Å². The summed E-state index contributed by atoms with van der Waals surface area (Å²) in [5.74, 6) is 4.80. The van der Waals surface area contributed by atoms with Gasteiger partial charge < -0.3 is 0 Å². The number of rotatable bonds is 9. The van der Waals surface area contributed by atoms with Crippen LogP contribution in [0.5, 0.6) is 0 Å². The van der Waals surface area contributed by atoms with Gasteiger partial charge in [0.05, 0.1) is 0 Å². The van der Waals surface area contributed by atoms with Crippen LogP contribution in [0.4, 0.5) is 0 Å². The second kappa shape index (κ2) is 11.2. The molecule has 0 spiro atoms. The molecule has 0 N–H and O–H groups in total. The smallest absolute Gasteiger partial charge is 0.128 e. The normalized spacial score (nSPS) is 25.4. The standard InChI is InChI=1S/C25H42N2/c1-3-5-10-20-13-15-23(16-14-20)24(22-11-7-6-8-12-22)17-25-26-18-21(9-4-2)19-27-25/h18-20,22-24H,3-17H2,1-2H3. The van der Waals surface area contributed by atoms with Crippen LogP contribution in [0.15, 0.2) is 12.4 Å². The summed E-state index contributed by atoms with van der Waals surface area (Å²) in [5.41, 5.74) is 1.30. The molecule has 1 atom stereocenters. The van der Waals surface area contributed by atoms with Crippen molar-refractivity contribution in [3.05, 3.63) is 23.8 Å². The van der Waals surface area contributed by atoms with E-state index >= 15 is 0 Å². The maximum Gasteiger partial charge on any atom is 0.128 e. The summed E-state index contributed by atoms with van der Waals surface area (Å²) in [6.45, 7) is 4.56. The van der Waals surface area contributed by atoms with Gasteiger partial charge in [-0.15, -0.1) is 0 Å². The van der Waals surface area contributed by atoms with E-state index in [-0.39, 0.29) is 0 Å². The van der Waals surface area contributed by atoms with Gasteiger partial charge in [0.1, 0.15) is 5.82 Å². The third-order valence-electron chi connectivity index (χ3n) is 7.43. The first-order chi connectivity index (χ1) is 13.3. The summed E-state index contributed by atoms with van der Waals surface area (Å²) in [6, 6.07) is 0. The molecule has 2 saturated carbocycles. The highest BCUT2D eigenvalue weighted by molar-refractivity contribution is 5.06. The Kier molecular flexibility index (Phi) is 8.61. The molecule has 2 aliphatic carbocycles. The van der Waals surface area contributed by atoms with Gasteiger partial charge in [-0.1, -0.05) is 84.5 Å². The van der Waals surface area contributed by atoms with Crippen LogP contribution in [0.1, 0.15) is 109 Å². The van der Waals surface area contributed by atoms with Crippen LogP contribution in [0.3, 0.4) is 0 Å². The Morgan fingerprint density at radius 3 is 2.15 bits per heavy atom. The number of nitrogens with zero attached hydrogens (tertiary/aromatic N) is 2. The van der Waals surface area contributed by atoms with Crippen molar-refractivity contribution < 1.29 is 0 Å². The van der Waals surface area contributed by atoms with E-state index in [4.69, 9.17) is 9.97 Å². The van der Waals surface area contributed by atoms with Crippen LogP contribution in [0.2, 0.25) is 0 Å². The summed E-state index contributed by atoms with van der Waals surface area (Å²) in [6.07, 6.45) is 25.0. The maximum atomic E-state index is 4.77. The molecule has 1 aromatic heterocycles. The Balaban J connectivity index is 1.62. The third kappa shape index (κ3) is 6.29. The molecule has 3 rings (SSSR count). The predicted molar refractivity (Wildman–Crippen MR) is 115 cm³/mol. The van der Waals surface area contributed by atoms with Crippen LogP contribution >= 0.6 is 0 Å². The predicted octanol–water partition coefficient (Wildman–Crippen LogP) is 7.16. The van der Waals surface area contributed by atoms with Crippen molar-refractivity contribution >= 4 is 0 Å². The zero-order valence-corrected chi connectivity index (χ0v) is 18.0. The molecule has 2 fully saturated rings. The molecule has 27 heavy (non-hydrogen) atoms. The van der Waals surface area contributed by atoms with E-state index in [1.165, 1.54) is 89.0 Å². The van der Waals surface area contributed by atoms with E-state index in [9.17, 15) is 0 Å². The minimum Gasteiger partial charge on any atom is -0.241 e. The van der Waals surface area contributed by atoms with Crippen LogP contribution in [-0.4, -0.2) is 9.97 Å². The molecule has 0 aromatic carbocycles. The summed E-state index contributed by atoms with van der Waals surface area (Å²) in [7, 11) is 0. The number of hydrogen-bond donors (Lipinski definition) is 0.